The van der Waals surface area contributed by atoms with Crippen LogP contribution >= 0.6 is 0 Å². The van der Waals surface area contributed by atoms with E-state index in [1.54, 1.807) is 0 Å². The molecule has 0 radical (unpaired) electrons. The summed E-state index contributed by atoms with van der Waals surface area (Å²) in [6.45, 7) is 1.32. The third kappa shape index (κ3) is 8.95. The zero-order chi connectivity index (χ0) is 30.1. The standard InChI is InChI=1S/C29H28F5N3O5/c30-20-5-1-18(2-6-20)25(19-3-7-22(8-4-19)42-29(32,33)34)11-28(39)37-27-14-35-13-26(31)24(27)10-9-23-12-36-21(16-41-23)15-40-17-38/h1-8,13-14,17,21,23,25,36H,9-12,15-16H2,(H,37,39)/t21-,23-,25-/m1/s1. The SMILES string of the molecule is O=COC[C@@H]1CO[C@H](CCc2c(F)cncc2NC(=O)C[C@H](c2ccc(F)cc2)c2ccc(OC(F)(F)F)cc2)CN1. The summed E-state index contributed by atoms with van der Waals surface area (Å²) >= 11 is 0. The Morgan fingerprint density at radius 1 is 1.10 bits per heavy atom. The van der Waals surface area contributed by atoms with Gasteiger partial charge in [0.15, 0.2) is 0 Å². The molecule has 1 saturated heterocycles. The summed E-state index contributed by atoms with van der Waals surface area (Å²) in [6, 6.07) is 10.3. The number of amides is 1. The molecule has 0 unspecified atom stereocenters. The van der Waals surface area contributed by atoms with Crippen molar-refractivity contribution < 1.29 is 45.8 Å². The fraction of sp³-hybridized carbons (Fsp3) is 0.345. The number of rotatable bonds is 12. The molecule has 3 aromatic rings. The number of morpholine rings is 1. The van der Waals surface area contributed by atoms with Crippen LogP contribution < -0.4 is 15.4 Å². The highest BCUT2D eigenvalue weighted by atomic mass is 19.4. The maximum atomic E-state index is 14.8. The first-order valence-electron chi connectivity index (χ1n) is 13.0. The molecule has 42 heavy (non-hydrogen) atoms. The number of alkyl halides is 3. The monoisotopic (exact) mass is 593 g/mol. The molecule has 4 rings (SSSR count). The van der Waals surface area contributed by atoms with E-state index in [2.05, 4.69) is 20.4 Å². The Kier molecular flexibility index (Phi) is 10.4. The van der Waals surface area contributed by atoms with Crippen molar-refractivity contribution >= 4 is 18.1 Å². The molecule has 8 nitrogen and oxygen atoms in total. The molecular formula is C29H28F5N3O5. The normalized spacial score (nSPS) is 17.7. The van der Waals surface area contributed by atoms with E-state index in [0.717, 1.165) is 18.3 Å². The van der Waals surface area contributed by atoms with E-state index in [1.807, 2.05) is 0 Å². The number of pyridine rings is 1. The summed E-state index contributed by atoms with van der Waals surface area (Å²) in [5.41, 5.74) is 1.45. The number of hydrogen-bond acceptors (Lipinski definition) is 7. The van der Waals surface area contributed by atoms with Crippen molar-refractivity contribution in [1.29, 1.82) is 0 Å². The Balaban J connectivity index is 1.45. The molecule has 0 bridgehead atoms. The molecule has 2 heterocycles. The van der Waals surface area contributed by atoms with Crippen molar-refractivity contribution in [3.05, 3.63) is 89.2 Å². The number of benzene rings is 2. The molecule has 13 heteroatoms. The van der Waals surface area contributed by atoms with E-state index < -0.39 is 35.6 Å². The molecule has 224 valence electrons. The molecule has 1 fully saturated rings. The van der Waals surface area contributed by atoms with Crippen LogP contribution in [0.15, 0.2) is 60.9 Å². The van der Waals surface area contributed by atoms with Gasteiger partial charge < -0.3 is 24.8 Å². The Bertz CT molecular complexity index is 1330. The van der Waals surface area contributed by atoms with Crippen LogP contribution in [-0.2, 0) is 25.5 Å². The third-order valence-corrected chi connectivity index (χ3v) is 6.71. The second-order valence-electron chi connectivity index (χ2n) is 9.65. The lowest BCUT2D eigenvalue weighted by molar-refractivity contribution is -0.274. The van der Waals surface area contributed by atoms with Crippen molar-refractivity contribution in [1.82, 2.24) is 10.3 Å². The second kappa shape index (κ2) is 14.2. The van der Waals surface area contributed by atoms with Crippen LogP contribution in [0.25, 0.3) is 0 Å². The van der Waals surface area contributed by atoms with Gasteiger partial charge in [-0.2, -0.15) is 0 Å². The number of halogens is 5. The lowest BCUT2D eigenvalue weighted by atomic mass is 9.88. The highest BCUT2D eigenvalue weighted by Crippen LogP contribution is 2.32. The lowest BCUT2D eigenvalue weighted by Gasteiger charge is -2.30. The molecule has 2 aromatic carbocycles. The highest BCUT2D eigenvalue weighted by Gasteiger charge is 2.31. The zero-order valence-corrected chi connectivity index (χ0v) is 22.2. The quantitative estimate of drug-likeness (QED) is 0.228. The summed E-state index contributed by atoms with van der Waals surface area (Å²) in [5, 5.41) is 5.90. The highest BCUT2D eigenvalue weighted by molar-refractivity contribution is 5.92. The summed E-state index contributed by atoms with van der Waals surface area (Å²) in [7, 11) is 0. The smallest absolute Gasteiger partial charge is 0.466 e. The van der Waals surface area contributed by atoms with Gasteiger partial charge >= 0.3 is 6.36 Å². The van der Waals surface area contributed by atoms with Gasteiger partial charge in [-0.15, -0.1) is 13.2 Å². The van der Waals surface area contributed by atoms with E-state index in [9.17, 15) is 31.5 Å². The Morgan fingerprint density at radius 3 is 2.40 bits per heavy atom. The molecule has 0 saturated carbocycles. The Morgan fingerprint density at radius 2 is 1.79 bits per heavy atom. The van der Waals surface area contributed by atoms with Crippen LogP contribution in [0.5, 0.6) is 5.75 Å². The molecule has 0 spiro atoms. The molecule has 1 amide bonds. The van der Waals surface area contributed by atoms with Crippen molar-refractivity contribution in [3.63, 3.8) is 0 Å². The first-order chi connectivity index (χ1) is 20.1. The van der Waals surface area contributed by atoms with Crippen molar-refractivity contribution in [3.8, 4) is 5.75 Å². The van der Waals surface area contributed by atoms with E-state index in [4.69, 9.17) is 9.47 Å². The number of ether oxygens (including phenoxy) is 3. The van der Waals surface area contributed by atoms with Crippen molar-refractivity contribution in [2.75, 3.05) is 25.1 Å². The predicted octanol–water partition coefficient (Wildman–Crippen LogP) is 4.88. The first kappa shape index (κ1) is 30.8. The fourth-order valence-electron chi connectivity index (χ4n) is 4.66. The molecule has 0 aliphatic carbocycles. The van der Waals surface area contributed by atoms with Crippen LogP contribution in [0, 0.1) is 11.6 Å². The molecule has 3 atom stereocenters. The minimum atomic E-state index is -4.86. The van der Waals surface area contributed by atoms with Crippen molar-refractivity contribution in [2.45, 2.75) is 43.7 Å². The minimum Gasteiger partial charge on any atom is -0.466 e. The minimum absolute atomic E-state index is 0.138. The number of hydrogen-bond donors (Lipinski definition) is 2. The first-order valence-corrected chi connectivity index (χ1v) is 13.0. The number of nitrogens with zero attached hydrogens (tertiary/aromatic N) is 1. The van der Waals surface area contributed by atoms with Crippen LogP contribution in [0.3, 0.4) is 0 Å². The van der Waals surface area contributed by atoms with Gasteiger partial charge in [0, 0.05) is 24.4 Å². The van der Waals surface area contributed by atoms with E-state index in [0.29, 0.717) is 37.2 Å². The Labute approximate surface area is 238 Å². The molecule has 1 aromatic heterocycles. The average Bonchev–Trinajstić information content (AvgIpc) is 2.95. The number of anilines is 1. The van der Waals surface area contributed by atoms with Crippen LogP contribution in [0.2, 0.25) is 0 Å². The molecule has 1 aliphatic rings. The van der Waals surface area contributed by atoms with Gasteiger partial charge in [-0.3, -0.25) is 14.6 Å². The van der Waals surface area contributed by atoms with Gasteiger partial charge in [0.2, 0.25) is 5.91 Å². The number of nitrogens with one attached hydrogen (secondary N) is 2. The molecule has 2 N–H and O–H groups in total. The van der Waals surface area contributed by atoms with E-state index >= 15 is 0 Å². The fourth-order valence-corrected chi connectivity index (χ4v) is 4.66. The van der Waals surface area contributed by atoms with E-state index in [1.165, 1.54) is 42.6 Å². The number of carbonyl (C=O) groups is 2. The maximum Gasteiger partial charge on any atom is 0.573 e. The van der Waals surface area contributed by atoms with Crippen LogP contribution in [0.4, 0.5) is 27.6 Å². The van der Waals surface area contributed by atoms with Crippen LogP contribution in [-0.4, -0.2) is 55.6 Å². The molecular weight excluding hydrogens is 565 g/mol. The summed E-state index contributed by atoms with van der Waals surface area (Å²) < 4.78 is 80.6. The topological polar surface area (TPSA) is 98.8 Å². The Hall–Kier alpha value is -4.10. The summed E-state index contributed by atoms with van der Waals surface area (Å²) in [4.78, 5) is 27.4. The van der Waals surface area contributed by atoms with Gasteiger partial charge in [0.25, 0.3) is 6.47 Å². The lowest BCUT2D eigenvalue weighted by Crippen LogP contribution is -2.48. The predicted molar refractivity (Wildman–Crippen MR) is 141 cm³/mol. The molecule has 1 aliphatic heterocycles. The van der Waals surface area contributed by atoms with E-state index in [-0.39, 0.29) is 42.8 Å². The van der Waals surface area contributed by atoms with Gasteiger partial charge in [0.05, 0.1) is 36.8 Å². The van der Waals surface area contributed by atoms with Crippen molar-refractivity contribution in [2.24, 2.45) is 0 Å². The largest absolute Gasteiger partial charge is 0.573 e. The summed E-state index contributed by atoms with van der Waals surface area (Å²) in [6.07, 6.45) is -2.23. The van der Waals surface area contributed by atoms with Gasteiger partial charge in [0.1, 0.15) is 24.0 Å². The summed E-state index contributed by atoms with van der Waals surface area (Å²) in [5.74, 6) is -2.70. The third-order valence-electron chi connectivity index (χ3n) is 6.71. The van der Waals surface area contributed by atoms with Gasteiger partial charge in [-0.25, -0.2) is 8.78 Å². The number of aromatic nitrogens is 1. The number of carbonyl (C=O) groups excluding carboxylic acids is 2. The van der Waals surface area contributed by atoms with Gasteiger partial charge in [-0.05, 0) is 48.2 Å². The maximum absolute atomic E-state index is 14.8. The van der Waals surface area contributed by atoms with Gasteiger partial charge in [-0.1, -0.05) is 24.3 Å². The van der Waals surface area contributed by atoms with Crippen LogP contribution in [0.1, 0.15) is 35.4 Å². The zero-order valence-electron chi connectivity index (χ0n) is 22.2. The average molecular weight is 594 g/mol. The second-order valence-corrected chi connectivity index (χ2v) is 9.65.